The molecule has 1 heterocycles. The van der Waals surface area contributed by atoms with Gasteiger partial charge in [-0.05, 0) is 54.3 Å². The van der Waals surface area contributed by atoms with Gasteiger partial charge in [-0.3, -0.25) is 4.98 Å². The average Bonchev–Trinajstić information content (AvgIpc) is 2.33. The van der Waals surface area contributed by atoms with Crippen LogP contribution in [-0.2, 0) is 6.42 Å². The fourth-order valence-electron chi connectivity index (χ4n) is 1.89. The lowest BCUT2D eigenvalue weighted by Gasteiger charge is -2.15. The lowest BCUT2D eigenvalue weighted by Crippen LogP contribution is -2.14. The van der Waals surface area contributed by atoms with Crippen molar-refractivity contribution in [1.82, 2.24) is 4.98 Å². The van der Waals surface area contributed by atoms with Crippen molar-refractivity contribution >= 4 is 15.9 Å². The number of rotatable bonds is 3. The van der Waals surface area contributed by atoms with Crippen LogP contribution in [0.4, 0.5) is 0 Å². The van der Waals surface area contributed by atoms with E-state index in [2.05, 4.69) is 40.0 Å². The molecule has 0 fully saturated rings. The topological polar surface area (TPSA) is 38.9 Å². The molecule has 0 spiro atoms. The van der Waals surface area contributed by atoms with Crippen LogP contribution >= 0.6 is 15.9 Å². The number of nitrogens with two attached hydrogens (primary N) is 1. The number of halogens is 1. The van der Waals surface area contributed by atoms with Gasteiger partial charge in [-0.1, -0.05) is 22.0 Å². The quantitative estimate of drug-likeness (QED) is 0.941. The van der Waals surface area contributed by atoms with Crippen LogP contribution in [0.25, 0.3) is 0 Å². The molecule has 1 aromatic heterocycles. The summed E-state index contributed by atoms with van der Waals surface area (Å²) in [5.74, 6) is 0. The van der Waals surface area contributed by atoms with E-state index in [1.165, 1.54) is 16.7 Å². The molecule has 0 saturated carbocycles. The Morgan fingerprint density at radius 2 is 1.94 bits per heavy atom. The Hall–Kier alpha value is -1.19. The van der Waals surface area contributed by atoms with E-state index >= 15 is 0 Å². The Labute approximate surface area is 110 Å². The van der Waals surface area contributed by atoms with Gasteiger partial charge in [0.25, 0.3) is 0 Å². The van der Waals surface area contributed by atoms with Gasteiger partial charge in [0, 0.05) is 22.9 Å². The Morgan fingerprint density at radius 1 is 1.24 bits per heavy atom. The van der Waals surface area contributed by atoms with E-state index in [0.717, 1.165) is 10.9 Å². The van der Waals surface area contributed by atoms with Crippen molar-refractivity contribution in [3.63, 3.8) is 0 Å². The van der Waals surface area contributed by atoms with Crippen molar-refractivity contribution in [2.45, 2.75) is 19.4 Å². The van der Waals surface area contributed by atoms with Crippen molar-refractivity contribution in [1.29, 1.82) is 0 Å². The van der Waals surface area contributed by atoms with E-state index in [0.29, 0.717) is 0 Å². The lowest BCUT2D eigenvalue weighted by atomic mass is 9.97. The molecule has 0 aliphatic carbocycles. The normalized spacial score (nSPS) is 12.4. The Morgan fingerprint density at radius 3 is 2.65 bits per heavy atom. The van der Waals surface area contributed by atoms with Crippen LogP contribution in [0, 0.1) is 6.92 Å². The zero-order valence-corrected chi connectivity index (χ0v) is 11.3. The molecule has 0 aliphatic heterocycles. The molecule has 0 radical (unpaired) electrons. The maximum absolute atomic E-state index is 6.26. The minimum atomic E-state index is 0.0231. The molecule has 0 aliphatic rings. The molecule has 88 valence electrons. The summed E-state index contributed by atoms with van der Waals surface area (Å²) in [4.78, 5) is 4.01. The molecule has 17 heavy (non-hydrogen) atoms. The number of benzene rings is 1. The maximum atomic E-state index is 6.26. The first-order chi connectivity index (χ1) is 8.16. The summed E-state index contributed by atoms with van der Waals surface area (Å²) >= 11 is 3.48. The molecule has 2 nitrogen and oxygen atoms in total. The molecule has 2 rings (SSSR count). The van der Waals surface area contributed by atoms with Crippen LogP contribution in [0.3, 0.4) is 0 Å². The monoisotopic (exact) mass is 290 g/mol. The summed E-state index contributed by atoms with van der Waals surface area (Å²) in [6.45, 7) is 2.09. The fourth-order valence-corrected chi connectivity index (χ4v) is 2.27. The average molecular weight is 291 g/mol. The third-order valence-corrected chi connectivity index (χ3v) is 3.34. The van der Waals surface area contributed by atoms with Crippen molar-refractivity contribution < 1.29 is 0 Å². The van der Waals surface area contributed by atoms with Gasteiger partial charge < -0.3 is 5.73 Å². The second-order valence-corrected chi connectivity index (χ2v) is 5.08. The zero-order valence-electron chi connectivity index (χ0n) is 9.73. The number of nitrogens with zero attached hydrogens (tertiary/aromatic N) is 1. The van der Waals surface area contributed by atoms with Gasteiger partial charge in [0.15, 0.2) is 0 Å². The standard InChI is InChI=1S/C14H15BrN2/c1-10-2-3-12(15)9-13(10)14(16)8-11-4-6-17-7-5-11/h2-7,9,14H,8,16H2,1H3. The highest BCUT2D eigenvalue weighted by Gasteiger charge is 2.10. The number of pyridine rings is 1. The molecule has 0 saturated heterocycles. The molecular formula is C14H15BrN2. The minimum absolute atomic E-state index is 0.0231. The Balaban J connectivity index is 2.20. The van der Waals surface area contributed by atoms with Gasteiger partial charge in [-0.2, -0.15) is 0 Å². The van der Waals surface area contributed by atoms with Crippen LogP contribution in [0.15, 0.2) is 47.2 Å². The molecule has 0 amide bonds. The number of hydrogen-bond acceptors (Lipinski definition) is 2. The smallest absolute Gasteiger partial charge is 0.0338 e. The van der Waals surface area contributed by atoms with E-state index in [4.69, 9.17) is 5.73 Å². The number of hydrogen-bond donors (Lipinski definition) is 1. The highest BCUT2D eigenvalue weighted by Crippen LogP contribution is 2.23. The summed E-state index contributed by atoms with van der Waals surface area (Å²) in [7, 11) is 0. The van der Waals surface area contributed by atoms with Crippen molar-refractivity contribution in [2.24, 2.45) is 5.73 Å². The van der Waals surface area contributed by atoms with Crippen molar-refractivity contribution in [3.05, 3.63) is 63.9 Å². The first-order valence-corrected chi connectivity index (χ1v) is 6.36. The van der Waals surface area contributed by atoms with Crippen molar-refractivity contribution in [3.8, 4) is 0 Å². The largest absolute Gasteiger partial charge is 0.324 e. The third-order valence-electron chi connectivity index (χ3n) is 2.85. The molecule has 2 aromatic rings. The Bertz CT molecular complexity index is 497. The number of aromatic nitrogens is 1. The minimum Gasteiger partial charge on any atom is -0.324 e. The highest BCUT2D eigenvalue weighted by molar-refractivity contribution is 9.10. The van der Waals surface area contributed by atoms with Gasteiger partial charge in [-0.15, -0.1) is 0 Å². The molecule has 2 N–H and O–H groups in total. The van der Waals surface area contributed by atoms with Crippen LogP contribution in [-0.4, -0.2) is 4.98 Å². The predicted octanol–water partition coefficient (Wildman–Crippen LogP) is 3.40. The van der Waals surface area contributed by atoms with Gasteiger partial charge in [0.1, 0.15) is 0 Å². The molecule has 0 bridgehead atoms. The maximum Gasteiger partial charge on any atom is 0.0338 e. The van der Waals surface area contributed by atoms with Crippen LogP contribution in [0.1, 0.15) is 22.7 Å². The predicted molar refractivity (Wildman–Crippen MR) is 73.7 cm³/mol. The lowest BCUT2D eigenvalue weighted by molar-refractivity contribution is 0.715. The third kappa shape index (κ3) is 3.14. The molecule has 1 atom stereocenters. The molecular weight excluding hydrogens is 276 g/mol. The highest BCUT2D eigenvalue weighted by atomic mass is 79.9. The van der Waals surface area contributed by atoms with E-state index in [1.54, 1.807) is 12.4 Å². The first kappa shape index (κ1) is 12.3. The van der Waals surface area contributed by atoms with Gasteiger partial charge in [0.2, 0.25) is 0 Å². The van der Waals surface area contributed by atoms with Gasteiger partial charge in [-0.25, -0.2) is 0 Å². The summed E-state index contributed by atoms with van der Waals surface area (Å²) in [5, 5.41) is 0. The molecule has 1 unspecified atom stereocenters. The van der Waals surface area contributed by atoms with E-state index < -0.39 is 0 Å². The van der Waals surface area contributed by atoms with Crippen LogP contribution in [0.5, 0.6) is 0 Å². The van der Waals surface area contributed by atoms with E-state index in [-0.39, 0.29) is 6.04 Å². The van der Waals surface area contributed by atoms with E-state index in [9.17, 15) is 0 Å². The summed E-state index contributed by atoms with van der Waals surface area (Å²) in [6.07, 6.45) is 4.44. The first-order valence-electron chi connectivity index (χ1n) is 5.57. The van der Waals surface area contributed by atoms with Crippen LogP contribution < -0.4 is 5.73 Å². The van der Waals surface area contributed by atoms with Gasteiger partial charge >= 0.3 is 0 Å². The van der Waals surface area contributed by atoms with E-state index in [1.807, 2.05) is 18.2 Å². The second kappa shape index (κ2) is 5.43. The molecule has 1 aromatic carbocycles. The SMILES string of the molecule is Cc1ccc(Br)cc1C(N)Cc1ccncc1. The van der Waals surface area contributed by atoms with Crippen molar-refractivity contribution in [2.75, 3.05) is 0 Å². The fraction of sp³-hybridized carbons (Fsp3) is 0.214. The summed E-state index contributed by atoms with van der Waals surface area (Å²) in [5.41, 5.74) is 9.89. The van der Waals surface area contributed by atoms with Crippen LogP contribution in [0.2, 0.25) is 0 Å². The number of aryl methyl sites for hydroxylation is 1. The second-order valence-electron chi connectivity index (χ2n) is 4.17. The van der Waals surface area contributed by atoms with Gasteiger partial charge in [0.05, 0.1) is 0 Å². The summed E-state index contributed by atoms with van der Waals surface area (Å²) < 4.78 is 1.07. The Kier molecular flexibility index (Phi) is 3.92. The molecule has 3 heteroatoms. The summed E-state index contributed by atoms with van der Waals surface area (Å²) in [6, 6.07) is 10.3. The zero-order chi connectivity index (χ0) is 12.3.